The molecule has 5 nitrogen and oxygen atoms in total. The summed E-state index contributed by atoms with van der Waals surface area (Å²) in [6.45, 7) is 1.28. The Hall–Kier alpha value is -3.03. The molecule has 0 heterocycles. The number of primary amides is 1. The molecule has 8 heteroatoms. The average Bonchev–Trinajstić information content (AvgIpc) is 2.47. The largest absolute Gasteiger partial charge is 0.457 e. The molecule has 2 aromatic carbocycles. The van der Waals surface area contributed by atoms with Crippen molar-refractivity contribution in [2.45, 2.75) is 13.1 Å². The number of rotatable bonds is 4. The molecule has 0 aliphatic heterocycles. The van der Waals surface area contributed by atoms with Gasteiger partial charge in [-0.15, -0.1) is 0 Å². The van der Waals surface area contributed by atoms with Gasteiger partial charge in [0.15, 0.2) is 0 Å². The second-order valence-corrected chi connectivity index (χ2v) is 4.88. The molecule has 0 saturated carbocycles. The van der Waals surface area contributed by atoms with Crippen molar-refractivity contribution in [1.29, 1.82) is 0 Å². The quantitative estimate of drug-likeness (QED) is 0.894. The third kappa shape index (κ3) is 4.25. The standard InChI is InChI=1S/C16H13F3N2O3/c1-9(22)21-14-7-6-12(8-13(14)15(20)23)24-11-4-2-10(3-5-11)16(17,18)19/h2-8H,1H3,(H2,20,23)(H,21,22). The topological polar surface area (TPSA) is 81.4 Å². The number of ether oxygens (including phenoxy) is 1. The lowest BCUT2D eigenvalue weighted by Gasteiger charge is -2.12. The Labute approximate surface area is 135 Å². The van der Waals surface area contributed by atoms with Crippen LogP contribution in [-0.4, -0.2) is 11.8 Å². The van der Waals surface area contributed by atoms with Crippen molar-refractivity contribution in [3.05, 3.63) is 53.6 Å². The van der Waals surface area contributed by atoms with E-state index in [9.17, 15) is 22.8 Å². The Balaban J connectivity index is 2.25. The second-order valence-electron chi connectivity index (χ2n) is 4.88. The van der Waals surface area contributed by atoms with Gasteiger partial charge in [0.05, 0.1) is 16.8 Å². The number of hydrogen-bond acceptors (Lipinski definition) is 3. The summed E-state index contributed by atoms with van der Waals surface area (Å²) in [4.78, 5) is 22.5. The van der Waals surface area contributed by atoms with Gasteiger partial charge in [0, 0.05) is 6.92 Å². The molecule has 0 aliphatic rings. The Morgan fingerprint density at radius 2 is 1.62 bits per heavy atom. The van der Waals surface area contributed by atoms with Crippen LogP contribution in [0.2, 0.25) is 0 Å². The van der Waals surface area contributed by atoms with E-state index in [0.717, 1.165) is 24.3 Å². The smallest absolute Gasteiger partial charge is 0.416 e. The van der Waals surface area contributed by atoms with Crippen LogP contribution in [0.5, 0.6) is 11.5 Å². The molecule has 24 heavy (non-hydrogen) atoms. The fraction of sp³-hybridized carbons (Fsp3) is 0.125. The molecular weight excluding hydrogens is 325 g/mol. The summed E-state index contributed by atoms with van der Waals surface area (Å²) in [6.07, 6.45) is -4.43. The predicted octanol–water partition coefficient (Wildman–Crippen LogP) is 3.56. The molecule has 0 saturated heterocycles. The van der Waals surface area contributed by atoms with Crippen molar-refractivity contribution < 1.29 is 27.5 Å². The first-order valence-electron chi connectivity index (χ1n) is 6.73. The molecule has 2 aromatic rings. The molecule has 3 N–H and O–H groups in total. The molecule has 0 aromatic heterocycles. The molecule has 2 rings (SSSR count). The van der Waals surface area contributed by atoms with E-state index in [1.165, 1.54) is 25.1 Å². The molecule has 2 amide bonds. The lowest BCUT2D eigenvalue weighted by atomic mass is 10.1. The SMILES string of the molecule is CC(=O)Nc1ccc(Oc2ccc(C(F)(F)F)cc2)cc1C(N)=O. The highest BCUT2D eigenvalue weighted by atomic mass is 19.4. The summed E-state index contributed by atoms with van der Waals surface area (Å²) in [7, 11) is 0. The summed E-state index contributed by atoms with van der Waals surface area (Å²) in [6, 6.07) is 8.26. The third-order valence-corrected chi connectivity index (χ3v) is 2.98. The van der Waals surface area contributed by atoms with Crippen LogP contribution >= 0.6 is 0 Å². The maximum absolute atomic E-state index is 12.5. The van der Waals surface area contributed by atoms with Crippen LogP contribution in [0.1, 0.15) is 22.8 Å². The fourth-order valence-corrected chi connectivity index (χ4v) is 1.94. The van der Waals surface area contributed by atoms with E-state index in [4.69, 9.17) is 10.5 Å². The molecule has 0 unspecified atom stereocenters. The van der Waals surface area contributed by atoms with E-state index in [1.807, 2.05) is 0 Å². The number of hydrogen-bond donors (Lipinski definition) is 2. The number of carbonyl (C=O) groups is 2. The van der Waals surface area contributed by atoms with Gasteiger partial charge in [0.25, 0.3) is 5.91 Å². The van der Waals surface area contributed by atoms with Gasteiger partial charge in [-0.05, 0) is 42.5 Å². The van der Waals surface area contributed by atoms with E-state index in [-0.39, 0.29) is 28.7 Å². The van der Waals surface area contributed by atoms with Gasteiger partial charge in [-0.25, -0.2) is 0 Å². The number of amides is 2. The van der Waals surface area contributed by atoms with Gasteiger partial charge < -0.3 is 15.8 Å². The Morgan fingerprint density at radius 3 is 2.12 bits per heavy atom. The fourth-order valence-electron chi connectivity index (χ4n) is 1.94. The van der Waals surface area contributed by atoms with Gasteiger partial charge in [0.2, 0.25) is 5.91 Å². The summed E-state index contributed by atoms with van der Waals surface area (Å²) < 4.78 is 42.9. The monoisotopic (exact) mass is 338 g/mol. The highest BCUT2D eigenvalue weighted by Gasteiger charge is 2.30. The molecule has 0 bridgehead atoms. The molecule has 0 spiro atoms. The average molecular weight is 338 g/mol. The lowest BCUT2D eigenvalue weighted by molar-refractivity contribution is -0.137. The van der Waals surface area contributed by atoms with E-state index in [1.54, 1.807) is 0 Å². The minimum absolute atomic E-state index is 0.0228. The van der Waals surface area contributed by atoms with Crippen LogP contribution in [0, 0.1) is 0 Å². The van der Waals surface area contributed by atoms with Crippen molar-refractivity contribution >= 4 is 17.5 Å². The highest BCUT2D eigenvalue weighted by Crippen LogP contribution is 2.32. The molecule has 0 aliphatic carbocycles. The van der Waals surface area contributed by atoms with Crippen LogP contribution in [0.25, 0.3) is 0 Å². The van der Waals surface area contributed by atoms with Crippen LogP contribution in [0.3, 0.4) is 0 Å². The molecule has 126 valence electrons. The normalized spacial score (nSPS) is 11.0. The van der Waals surface area contributed by atoms with E-state index < -0.39 is 17.6 Å². The highest BCUT2D eigenvalue weighted by molar-refractivity contribution is 6.02. The molecule has 0 radical (unpaired) electrons. The minimum atomic E-state index is -4.43. The van der Waals surface area contributed by atoms with Crippen molar-refractivity contribution in [3.63, 3.8) is 0 Å². The van der Waals surface area contributed by atoms with E-state index in [0.29, 0.717) is 0 Å². The first-order valence-corrected chi connectivity index (χ1v) is 6.73. The number of anilines is 1. The maximum atomic E-state index is 12.5. The zero-order valence-corrected chi connectivity index (χ0v) is 12.5. The van der Waals surface area contributed by atoms with Gasteiger partial charge in [-0.3, -0.25) is 9.59 Å². The number of halogens is 3. The number of benzene rings is 2. The summed E-state index contributed by atoms with van der Waals surface area (Å²) in [5, 5.41) is 2.45. The van der Waals surface area contributed by atoms with Gasteiger partial charge >= 0.3 is 6.18 Å². The number of nitrogens with two attached hydrogens (primary N) is 1. The van der Waals surface area contributed by atoms with Crippen LogP contribution in [0.4, 0.5) is 18.9 Å². The van der Waals surface area contributed by atoms with Crippen molar-refractivity contribution in [2.24, 2.45) is 5.73 Å². The predicted molar refractivity (Wildman–Crippen MR) is 80.8 cm³/mol. The maximum Gasteiger partial charge on any atom is 0.416 e. The first kappa shape index (κ1) is 17.3. The molecule has 0 atom stereocenters. The minimum Gasteiger partial charge on any atom is -0.457 e. The number of nitrogens with one attached hydrogen (secondary N) is 1. The Bertz CT molecular complexity index is 771. The van der Waals surface area contributed by atoms with Crippen LogP contribution in [-0.2, 0) is 11.0 Å². The first-order chi connectivity index (χ1) is 11.2. The summed E-state index contributed by atoms with van der Waals surface area (Å²) in [5.74, 6) is -0.811. The summed E-state index contributed by atoms with van der Waals surface area (Å²) in [5.41, 5.74) is 4.69. The van der Waals surface area contributed by atoms with Crippen LogP contribution in [0.15, 0.2) is 42.5 Å². The summed E-state index contributed by atoms with van der Waals surface area (Å²) >= 11 is 0. The van der Waals surface area contributed by atoms with Gasteiger partial charge in [0.1, 0.15) is 11.5 Å². The number of carbonyl (C=O) groups excluding carboxylic acids is 2. The van der Waals surface area contributed by atoms with Crippen molar-refractivity contribution in [1.82, 2.24) is 0 Å². The van der Waals surface area contributed by atoms with Gasteiger partial charge in [-0.1, -0.05) is 0 Å². The van der Waals surface area contributed by atoms with E-state index >= 15 is 0 Å². The van der Waals surface area contributed by atoms with E-state index in [2.05, 4.69) is 5.32 Å². The Kier molecular flexibility index (Phi) is 4.77. The molecule has 0 fully saturated rings. The second kappa shape index (κ2) is 6.61. The Morgan fingerprint density at radius 1 is 1.04 bits per heavy atom. The molecular formula is C16H13F3N2O3. The van der Waals surface area contributed by atoms with Crippen molar-refractivity contribution in [2.75, 3.05) is 5.32 Å². The number of alkyl halides is 3. The third-order valence-electron chi connectivity index (χ3n) is 2.98. The zero-order chi connectivity index (χ0) is 17.9. The lowest BCUT2D eigenvalue weighted by Crippen LogP contribution is -2.16. The van der Waals surface area contributed by atoms with Gasteiger partial charge in [-0.2, -0.15) is 13.2 Å². The zero-order valence-electron chi connectivity index (χ0n) is 12.5. The van der Waals surface area contributed by atoms with Crippen LogP contribution < -0.4 is 15.8 Å². The van der Waals surface area contributed by atoms with Crippen molar-refractivity contribution in [3.8, 4) is 11.5 Å².